The van der Waals surface area contributed by atoms with Gasteiger partial charge in [-0.05, 0) is 55.9 Å². The lowest BCUT2D eigenvalue weighted by Gasteiger charge is -2.23. The summed E-state index contributed by atoms with van der Waals surface area (Å²) in [6.45, 7) is 8.76. The van der Waals surface area contributed by atoms with Crippen LogP contribution in [0.5, 0.6) is 0 Å². The Labute approximate surface area is 221 Å². The summed E-state index contributed by atoms with van der Waals surface area (Å²) in [6, 6.07) is 17.7. The third-order valence-electron chi connectivity index (χ3n) is 6.11. The van der Waals surface area contributed by atoms with Gasteiger partial charge in [0.15, 0.2) is 5.96 Å². The first kappa shape index (κ1) is 29.2. The second kappa shape index (κ2) is 15.8. The van der Waals surface area contributed by atoms with Gasteiger partial charge >= 0.3 is 0 Å². The summed E-state index contributed by atoms with van der Waals surface area (Å²) < 4.78 is 0. The molecule has 0 bridgehead atoms. The van der Waals surface area contributed by atoms with Gasteiger partial charge in [0.05, 0.1) is 12.2 Å². The van der Waals surface area contributed by atoms with E-state index in [1.807, 2.05) is 66.4 Å². The normalized spacial score (nSPS) is 15.4. The molecular formula is C30H39N5O2. The number of aryl methyl sites for hydroxylation is 1. The van der Waals surface area contributed by atoms with Gasteiger partial charge in [-0.25, -0.2) is 4.99 Å². The van der Waals surface area contributed by atoms with Crippen LogP contribution in [0.1, 0.15) is 49.7 Å². The minimum Gasteiger partial charge on any atom is -0.369 e. The van der Waals surface area contributed by atoms with Gasteiger partial charge in [0.25, 0.3) is 0 Å². The maximum atomic E-state index is 11.9. The van der Waals surface area contributed by atoms with Gasteiger partial charge in [-0.3, -0.25) is 9.59 Å². The molecule has 2 amide bonds. The van der Waals surface area contributed by atoms with Crippen molar-refractivity contribution in [3.8, 4) is 12.8 Å². The average molecular weight is 502 g/mol. The van der Waals surface area contributed by atoms with E-state index in [0.717, 1.165) is 63.0 Å². The fourth-order valence-corrected chi connectivity index (χ4v) is 4.17. The van der Waals surface area contributed by atoms with Gasteiger partial charge in [-0.1, -0.05) is 55.5 Å². The molecule has 2 aromatic carbocycles. The number of benzene rings is 2. The minimum absolute atomic E-state index is 0.132. The van der Waals surface area contributed by atoms with E-state index in [-0.39, 0.29) is 11.8 Å². The van der Waals surface area contributed by atoms with Gasteiger partial charge in [-0.15, -0.1) is 12.8 Å². The number of guanidine groups is 1. The minimum atomic E-state index is 0.132. The van der Waals surface area contributed by atoms with Crippen LogP contribution >= 0.6 is 0 Å². The number of likely N-dealkylation sites (tertiary alicyclic amines) is 2. The lowest BCUT2D eigenvalue weighted by molar-refractivity contribution is -0.139. The number of rotatable bonds is 5. The van der Waals surface area contributed by atoms with E-state index in [1.54, 1.807) is 4.90 Å². The van der Waals surface area contributed by atoms with Crippen LogP contribution < -0.4 is 11.1 Å². The maximum Gasteiger partial charge on any atom is 0.242 e. The highest BCUT2D eigenvalue weighted by Crippen LogP contribution is 2.15. The maximum absolute atomic E-state index is 11.9. The van der Waals surface area contributed by atoms with Gasteiger partial charge in [0.1, 0.15) is 0 Å². The number of terminal acetylenes is 1. The van der Waals surface area contributed by atoms with Crippen LogP contribution in [0.3, 0.4) is 0 Å². The zero-order valence-corrected chi connectivity index (χ0v) is 21.9. The van der Waals surface area contributed by atoms with Crippen molar-refractivity contribution >= 4 is 29.2 Å². The molecule has 2 fully saturated rings. The molecule has 2 aromatic rings. The Morgan fingerprint density at radius 1 is 1.00 bits per heavy atom. The Bertz CT molecular complexity index is 1070. The van der Waals surface area contributed by atoms with Crippen LogP contribution in [0.25, 0.3) is 5.70 Å². The van der Waals surface area contributed by atoms with Crippen molar-refractivity contribution in [3.63, 3.8) is 0 Å². The van der Waals surface area contributed by atoms with Crippen LogP contribution in [0.4, 0.5) is 5.69 Å². The smallest absolute Gasteiger partial charge is 0.242 e. The lowest BCUT2D eigenvalue weighted by Crippen LogP contribution is -2.41. The monoisotopic (exact) mass is 501 g/mol. The van der Waals surface area contributed by atoms with E-state index >= 15 is 0 Å². The first-order valence-corrected chi connectivity index (χ1v) is 12.7. The topological polar surface area (TPSA) is 91.0 Å². The predicted molar refractivity (Wildman–Crippen MR) is 153 cm³/mol. The highest BCUT2D eigenvalue weighted by Gasteiger charge is 2.23. The van der Waals surface area contributed by atoms with E-state index in [4.69, 9.17) is 5.73 Å². The van der Waals surface area contributed by atoms with Gasteiger partial charge in [-0.2, -0.15) is 0 Å². The molecule has 0 atom stereocenters. The van der Waals surface area contributed by atoms with E-state index in [9.17, 15) is 9.59 Å². The Balaban J connectivity index is 0.000000247. The van der Waals surface area contributed by atoms with Crippen molar-refractivity contribution in [1.82, 2.24) is 9.80 Å². The Morgan fingerprint density at radius 3 is 2.35 bits per heavy atom. The number of carbonyl (C=O) groups is 2. The molecule has 0 radical (unpaired) electrons. The number of aliphatic imine (C=N–C) groups is 1. The molecule has 3 N–H and O–H groups in total. The number of hydrogen-bond donors (Lipinski definition) is 2. The van der Waals surface area contributed by atoms with Crippen molar-refractivity contribution in [2.75, 3.05) is 31.5 Å². The molecule has 7 heteroatoms. The third kappa shape index (κ3) is 10.2. The van der Waals surface area contributed by atoms with E-state index in [2.05, 4.69) is 29.7 Å². The Kier molecular flexibility index (Phi) is 12.5. The number of nitrogens with one attached hydrogen (secondary N) is 1. The molecule has 37 heavy (non-hydrogen) atoms. The zero-order valence-electron chi connectivity index (χ0n) is 21.9. The molecular weight excluding hydrogens is 462 g/mol. The quantitative estimate of drug-likeness (QED) is 0.354. The first-order chi connectivity index (χ1) is 17.9. The fourth-order valence-electron chi connectivity index (χ4n) is 4.17. The van der Waals surface area contributed by atoms with Crippen LogP contribution in [-0.4, -0.2) is 53.8 Å². The summed E-state index contributed by atoms with van der Waals surface area (Å²) >= 11 is 0. The Morgan fingerprint density at radius 2 is 1.68 bits per heavy atom. The molecule has 0 aromatic heterocycles. The zero-order chi connectivity index (χ0) is 27.0. The number of nitrogens with zero attached hydrogens (tertiary/aromatic N) is 3. The summed E-state index contributed by atoms with van der Waals surface area (Å²) in [5.41, 5.74) is 9.55. The van der Waals surface area contributed by atoms with Crippen LogP contribution in [0.15, 0.2) is 66.2 Å². The molecule has 2 aliphatic rings. The highest BCUT2D eigenvalue weighted by atomic mass is 16.2. The number of carbonyl (C=O) groups excluding carboxylic acids is 2. The highest BCUT2D eigenvalue weighted by molar-refractivity contribution is 5.95. The van der Waals surface area contributed by atoms with Crippen molar-refractivity contribution in [2.45, 2.75) is 45.4 Å². The van der Waals surface area contributed by atoms with Gasteiger partial charge < -0.3 is 20.9 Å². The molecule has 0 aliphatic carbocycles. The second-order valence-electron chi connectivity index (χ2n) is 9.02. The van der Waals surface area contributed by atoms with Gasteiger partial charge in [0.2, 0.25) is 11.8 Å². The molecule has 0 unspecified atom stereocenters. The molecule has 4 rings (SSSR count). The lowest BCUT2D eigenvalue weighted by atomic mass is 10.2. The number of hydrogen-bond acceptors (Lipinski definition) is 3. The summed E-state index contributed by atoms with van der Waals surface area (Å²) in [5.74, 6) is 0.622. The number of anilines is 1. The van der Waals surface area contributed by atoms with E-state index in [1.165, 1.54) is 5.56 Å². The Hall–Kier alpha value is -4.05. The summed E-state index contributed by atoms with van der Waals surface area (Å²) in [4.78, 5) is 31.5. The SMILES string of the molecule is C#C.C=C(N=C(N)Nc1cccc(C)c1)c1ccccc1.O=C(CN1CCCCCC1=O)N1CCCC1. The second-order valence-corrected chi connectivity index (χ2v) is 9.02. The predicted octanol–water partition coefficient (Wildman–Crippen LogP) is 4.65. The number of amides is 2. The molecule has 196 valence electrons. The van der Waals surface area contributed by atoms with E-state index < -0.39 is 0 Å². The fraction of sp³-hybridized carbons (Fsp3) is 0.367. The third-order valence-corrected chi connectivity index (χ3v) is 6.11. The average Bonchev–Trinajstić information content (AvgIpc) is 3.37. The van der Waals surface area contributed by atoms with E-state index in [0.29, 0.717) is 24.6 Å². The molecule has 2 aliphatic heterocycles. The summed E-state index contributed by atoms with van der Waals surface area (Å²) in [6.07, 6.45) is 14.0. The van der Waals surface area contributed by atoms with Crippen LogP contribution in [-0.2, 0) is 9.59 Å². The van der Waals surface area contributed by atoms with Gasteiger partial charge in [0, 0.05) is 31.7 Å². The molecule has 0 saturated carbocycles. The first-order valence-electron chi connectivity index (χ1n) is 12.7. The number of nitrogens with two attached hydrogens (primary N) is 1. The van der Waals surface area contributed by atoms with Crippen molar-refractivity contribution in [3.05, 3.63) is 72.3 Å². The molecule has 2 saturated heterocycles. The van der Waals surface area contributed by atoms with Crippen LogP contribution in [0, 0.1) is 19.8 Å². The molecule has 0 spiro atoms. The standard InChI is InChI=1S/C16H17N3.C12H20N2O2.C2H2/c1-12-7-6-10-15(11-12)19-16(17)18-13(2)14-8-4-3-5-9-14;15-11-6-2-1-3-9-14(11)10-12(16)13-7-4-5-8-13;1-2/h3-11H,2H2,1H3,(H3,17,18,19);1-10H2;1-2H. The summed E-state index contributed by atoms with van der Waals surface area (Å²) in [5, 5.41) is 3.05. The largest absolute Gasteiger partial charge is 0.369 e. The molecule has 7 nitrogen and oxygen atoms in total. The van der Waals surface area contributed by atoms with Crippen molar-refractivity contribution in [2.24, 2.45) is 10.7 Å². The van der Waals surface area contributed by atoms with Crippen molar-refractivity contribution < 1.29 is 9.59 Å². The molecule has 2 heterocycles. The summed E-state index contributed by atoms with van der Waals surface area (Å²) in [7, 11) is 0. The van der Waals surface area contributed by atoms with Crippen molar-refractivity contribution in [1.29, 1.82) is 0 Å². The van der Waals surface area contributed by atoms with Crippen LogP contribution in [0.2, 0.25) is 0 Å².